The van der Waals surface area contributed by atoms with Crippen molar-refractivity contribution in [3.05, 3.63) is 76.4 Å². The number of nitrogens with zero attached hydrogens (tertiary/aromatic N) is 2. The maximum Gasteiger partial charge on any atom is 0.431 e. The van der Waals surface area contributed by atoms with Gasteiger partial charge in [0.25, 0.3) is 0 Å². The predicted octanol–water partition coefficient (Wildman–Crippen LogP) is 6.78. The molecule has 1 aromatic heterocycles. The lowest BCUT2D eigenvalue weighted by Gasteiger charge is -2.23. The Morgan fingerprint density at radius 1 is 1.14 bits per heavy atom. The van der Waals surface area contributed by atoms with Gasteiger partial charge in [-0.3, -0.25) is 0 Å². The van der Waals surface area contributed by atoms with Gasteiger partial charge in [0.1, 0.15) is 5.69 Å². The van der Waals surface area contributed by atoms with E-state index in [2.05, 4.69) is 0 Å². The Hall–Kier alpha value is -2.97. The molecule has 0 spiro atoms. The van der Waals surface area contributed by atoms with E-state index >= 15 is 0 Å². The Morgan fingerprint density at radius 2 is 1.81 bits per heavy atom. The van der Waals surface area contributed by atoms with Gasteiger partial charge in [0.05, 0.1) is 12.6 Å². The molecule has 2 aromatic carbocycles. The molecule has 0 bridgehead atoms. The molecule has 5 nitrogen and oxygen atoms in total. The van der Waals surface area contributed by atoms with Gasteiger partial charge >= 0.3 is 12.3 Å². The molecule has 3 aromatic rings. The smallest absolute Gasteiger partial charge is 0.393 e. The summed E-state index contributed by atoms with van der Waals surface area (Å²) in [6.07, 6.45) is -3.68. The third kappa shape index (κ3) is 5.55. The quantitative estimate of drug-likeness (QED) is 0.390. The highest BCUT2D eigenvalue weighted by atomic mass is 35.5. The van der Waals surface area contributed by atoms with E-state index in [1.54, 1.807) is 54.6 Å². The highest BCUT2D eigenvalue weighted by Gasteiger charge is 2.41. The summed E-state index contributed by atoms with van der Waals surface area (Å²) in [6.45, 7) is 1.49. The Kier molecular flexibility index (Phi) is 7.66. The fourth-order valence-electron chi connectivity index (χ4n) is 4.88. The first-order chi connectivity index (χ1) is 17.1. The van der Waals surface area contributed by atoms with Crippen LogP contribution in [0.3, 0.4) is 0 Å². The number of halogens is 4. The van der Waals surface area contributed by atoms with Crippen molar-refractivity contribution in [2.24, 2.45) is 5.92 Å². The summed E-state index contributed by atoms with van der Waals surface area (Å²) in [6, 6.07) is 15.1. The molecule has 1 aliphatic carbocycles. The molecule has 2 atom stereocenters. The van der Waals surface area contributed by atoms with Crippen LogP contribution in [0.25, 0.3) is 11.1 Å². The third-order valence-electron chi connectivity index (χ3n) is 6.67. The number of carbonyl (C=O) groups is 1. The number of aromatic nitrogens is 1. The molecule has 192 valence electrons. The third-order valence-corrected chi connectivity index (χ3v) is 6.92. The van der Waals surface area contributed by atoms with Gasteiger partial charge in [-0.05, 0) is 48.6 Å². The largest absolute Gasteiger partial charge is 0.431 e. The molecule has 4 rings (SSSR count). The molecule has 1 N–H and O–H groups in total. The molecule has 1 fully saturated rings. The van der Waals surface area contributed by atoms with Gasteiger partial charge in [0.15, 0.2) is 0 Å². The fraction of sp³-hybridized carbons (Fsp3) is 0.370. The van der Waals surface area contributed by atoms with E-state index in [4.69, 9.17) is 16.3 Å². The van der Waals surface area contributed by atoms with E-state index in [0.29, 0.717) is 22.6 Å². The maximum absolute atomic E-state index is 14.4. The number of hydrogen-bond acceptors (Lipinski definition) is 3. The number of aliphatic hydroxyl groups excluding tert-OH is 1. The molecule has 9 heteroatoms. The van der Waals surface area contributed by atoms with Crippen molar-refractivity contribution in [2.45, 2.75) is 45.0 Å². The van der Waals surface area contributed by atoms with Gasteiger partial charge in [-0.1, -0.05) is 60.5 Å². The minimum absolute atomic E-state index is 0.0441. The second-order valence-electron chi connectivity index (χ2n) is 9.24. The van der Waals surface area contributed by atoms with E-state index in [0.717, 1.165) is 17.4 Å². The summed E-state index contributed by atoms with van der Waals surface area (Å²) in [5.41, 5.74) is 0.328. The molecule has 1 aliphatic rings. The number of amides is 1. The van der Waals surface area contributed by atoms with Crippen molar-refractivity contribution in [1.82, 2.24) is 9.47 Å². The normalized spacial score (nSPS) is 17.9. The fourth-order valence-corrected chi connectivity index (χ4v) is 5.01. The number of rotatable bonds is 6. The van der Waals surface area contributed by atoms with Gasteiger partial charge in [0, 0.05) is 30.1 Å². The van der Waals surface area contributed by atoms with Crippen molar-refractivity contribution < 1.29 is 27.8 Å². The van der Waals surface area contributed by atoms with Crippen LogP contribution in [0, 0.1) is 12.8 Å². The molecule has 0 saturated heterocycles. The second-order valence-corrected chi connectivity index (χ2v) is 9.67. The first kappa shape index (κ1) is 26.1. The summed E-state index contributed by atoms with van der Waals surface area (Å²) < 4.78 is 49.9. The molecule has 36 heavy (non-hydrogen) atoms. The number of alkyl halides is 3. The first-order valence-electron chi connectivity index (χ1n) is 11.8. The Morgan fingerprint density at radius 3 is 2.39 bits per heavy atom. The van der Waals surface area contributed by atoms with Crippen LogP contribution in [0.5, 0.6) is 5.88 Å². The molecular weight excluding hydrogens is 493 g/mol. The van der Waals surface area contributed by atoms with Crippen LogP contribution in [-0.2, 0) is 12.7 Å². The van der Waals surface area contributed by atoms with Crippen LogP contribution >= 0.6 is 11.6 Å². The van der Waals surface area contributed by atoms with Gasteiger partial charge in [-0.2, -0.15) is 13.2 Å². The van der Waals surface area contributed by atoms with E-state index in [1.165, 1.54) is 18.9 Å². The van der Waals surface area contributed by atoms with Gasteiger partial charge in [-0.15, -0.1) is 0 Å². The highest BCUT2D eigenvalue weighted by Crippen LogP contribution is 2.45. The molecule has 1 unspecified atom stereocenters. The summed E-state index contributed by atoms with van der Waals surface area (Å²) in [7, 11) is 1.53. The number of hydrogen-bond donors (Lipinski definition) is 1. The van der Waals surface area contributed by atoms with E-state index < -0.39 is 24.1 Å². The predicted molar refractivity (Wildman–Crippen MR) is 132 cm³/mol. The zero-order valence-electron chi connectivity index (χ0n) is 20.1. The van der Waals surface area contributed by atoms with Crippen molar-refractivity contribution >= 4 is 17.7 Å². The van der Waals surface area contributed by atoms with Crippen LogP contribution in [-0.4, -0.2) is 40.4 Å². The lowest BCUT2D eigenvalue weighted by Crippen LogP contribution is -2.36. The molecular formula is C27H28ClF3N2O3. The Labute approximate surface area is 213 Å². The van der Waals surface area contributed by atoms with Crippen LogP contribution in [0.1, 0.15) is 36.1 Å². The number of aliphatic hydroxyl groups is 1. The Bertz CT molecular complexity index is 1210. The van der Waals surface area contributed by atoms with Crippen molar-refractivity contribution in [3.8, 4) is 17.0 Å². The molecule has 0 aliphatic heterocycles. The van der Waals surface area contributed by atoms with Gasteiger partial charge in [-0.25, -0.2) is 4.79 Å². The monoisotopic (exact) mass is 520 g/mol. The van der Waals surface area contributed by atoms with E-state index in [9.17, 15) is 23.1 Å². The maximum atomic E-state index is 14.4. The zero-order valence-corrected chi connectivity index (χ0v) is 20.8. The summed E-state index contributed by atoms with van der Waals surface area (Å²) >= 11 is 6.02. The lowest BCUT2D eigenvalue weighted by molar-refractivity contribution is -0.144. The van der Waals surface area contributed by atoms with Crippen LogP contribution in [0.4, 0.5) is 18.0 Å². The Balaban J connectivity index is 1.80. The molecule has 1 heterocycles. The van der Waals surface area contributed by atoms with Crippen LogP contribution in [0.15, 0.2) is 54.6 Å². The molecule has 1 saturated carbocycles. The standard InChI is InChI=1S/C27H28ClF3N2O3/c1-17-23(19-11-13-21(28)14-12-19)25(36-26(35)32(2)16-20-9-6-10-22(20)34)33(24(17)27(29,30)31)15-18-7-4-3-5-8-18/h3-5,7-8,11-14,20,22,34H,6,9-10,15-16H2,1-2H3/t20?,22-/m0/s1. The number of benzene rings is 2. The van der Waals surface area contributed by atoms with Crippen molar-refractivity contribution in [3.63, 3.8) is 0 Å². The van der Waals surface area contributed by atoms with Gasteiger partial charge < -0.3 is 19.3 Å². The summed E-state index contributed by atoms with van der Waals surface area (Å²) in [5.74, 6) is -0.281. The highest BCUT2D eigenvalue weighted by molar-refractivity contribution is 6.30. The second kappa shape index (κ2) is 10.6. The average Bonchev–Trinajstić information content (AvgIpc) is 3.34. The first-order valence-corrected chi connectivity index (χ1v) is 12.1. The van der Waals surface area contributed by atoms with Crippen molar-refractivity contribution in [2.75, 3.05) is 13.6 Å². The number of carbonyl (C=O) groups excluding carboxylic acids is 1. The minimum atomic E-state index is -4.69. The topological polar surface area (TPSA) is 54.7 Å². The molecule has 1 amide bonds. The SMILES string of the molecule is Cc1c(-c2ccc(Cl)cc2)c(OC(=O)N(C)CC2CCC[C@@H]2O)n(Cc2ccccc2)c1C(F)(F)F. The minimum Gasteiger partial charge on any atom is -0.393 e. The summed E-state index contributed by atoms with van der Waals surface area (Å²) in [5, 5.41) is 10.6. The van der Waals surface area contributed by atoms with Gasteiger partial charge in [0.2, 0.25) is 5.88 Å². The number of ether oxygens (including phenoxy) is 1. The zero-order chi connectivity index (χ0) is 26.0. The van der Waals surface area contributed by atoms with Crippen LogP contribution < -0.4 is 4.74 Å². The van der Waals surface area contributed by atoms with Crippen LogP contribution in [0.2, 0.25) is 5.02 Å². The van der Waals surface area contributed by atoms with E-state index in [1.807, 2.05) is 0 Å². The van der Waals surface area contributed by atoms with Crippen molar-refractivity contribution in [1.29, 1.82) is 0 Å². The van der Waals surface area contributed by atoms with E-state index in [-0.39, 0.29) is 36.0 Å². The molecule has 0 radical (unpaired) electrons. The lowest BCUT2D eigenvalue weighted by atomic mass is 10.0. The average molecular weight is 521 g/mol. The summed E-state index contributed by atoms with van der Waals surface area (Å²) in [4.78, 5) is 14.4.